The average Bonchev–Trinajstić information content (AvgIpc) is 2.92. The van der Waals surface area contributed by atoms with E-state index in [0.29, 0.717) is 5.56 Å². The number of carbonyl (C=O) groups is 2. The molecule has 2 aliphatic rings. The third kappa shape index (κ3) is 5.16. The molecule has 0 saturated carbocycles. The molecular formula is C29H26O6. The summed E-state index contributed by atoms with van der Waals surface area (Å²) in [4.78, 5) is 25.8. The van der Waals surface area contributed by atoms with Crippen LogP contribution in [0.5, 0.6) is 0 Å². The Hall–Kier alpha value is -3.42. The topological polar surface area (TPSA) is 71.1 Å². The van der Waals surface area contributed by atoms with Crippen molar-refractivity contribution in [1.29, 1.82) is 0 Å². The first kappa shape index (κ1) is 23.3. The van der Waals surface area contributed by atoms with Gasteiger partial charge < -0.3 is 18.9 Å². The van der Waals surface area contributed by atoms with E-state index in [1.54, 1.807) is 30.3 Å². The summed E-state index contributed by atoms with van der Waals surface area (Å²) < 4.78 is 24.8. The molecule has 2 aliphatic heterocycles. The zero-order valence-electron chi connectivity index (χ0n) is 19.3. The van der Waals surface area contributed by atoms with Crippen molar-refractivity contribution >= 4 is 11.6 Å². The minimum atomic E-state index is -0.708. The predicted molar refractivity (Wildman–Crippen MR) is 128 cm³/mol. The van der Waals surface area contributed by atoms with E-state index in [9.17, 15) is 9.59 Å². The van der Waals surface area contributed by atoms with Crippen LogP contribution in [0.2, 0.25) is 0 Å². The van der Waals surface area contributed by atoms with Crippen LogP contribution in [-0.2, 0) is 23.7 Å². The van der Waals surface area contributed by atoms with Gasteiger partial charge in [-0.1, -0.05) is 91.0 Å². The van der Waals surface area contributed by atoms with Crippen molar-refractivity contribution in [3.8, 4) is 0 Å². The van der Waals surface area contributed by atoms with E-state index in [-0.39, 0.29) is 23.7 Å². The number of hydrogen-bond acceptors (Lipinski definition) is 6. The molecule has 0 unspecified atom stereocenters. The fourth-order valence-corrected chi connectivity index (χ4v) is 4.31. The van der Waals surface area contributed by atoms with Crippen molar-refractivity contribution in [1.82, 2.24) is 0 Å². The molecule has 35 heavy (non-hydrogen) atoms. The van der Waals surface area contributed by atoms with Gasteiger partial charge in [0.15, 0.2) is 24.1 Å². The highest BCUT2D eigenvalue weighted by atomic mass is 16.8. The number of rotatable bonds is 6. The van der Waals surface area contributed by atoms with Gasteiger partial charge in [0.2, 0.25) is 0 Å². The highest BCUT2D eigenvalue weighted by molar-refractivity contribution is 6.25. The zero-order chi connectivity index (χ0) is 24.2. The van der Waals surface area contributed by atoms with Crippen LogP contribution in [0.15, 0.2) is 103 Å². The Kier molecular flexibility index (Phi) is 6.97. The Balaban J connectivity index is 1.49. The lowest BCUT2D eigenvalue weighted by Crippen LogP contribution is -2.53. The van der Waals surface area contributed by atoms with Crippen LogP contribution in [0.1, 0.15) is 41.0 Å². The zero-order valence-corrected chi connectivity index (χ0v) is 19.3. The van der Waals surface area contributed by atoms with Crippen molar-refractivity contribution in [2.75, 3.05) is 6.61 Å². The van der Waals surface area contributed by atoms with Crippen molar-refractivity contribution < 1.29 is 28.5 Å². The van der Waals surface area contributed by atoms with E-state index in [2.05, 4.69) is 0 Å². The molecule has 3 aromatic carbocycles. The van der Waals surface area contributed by atoms with Crippen LogP contribution >= 0.6 is 0 Å². The van der Waals surface area contributed by atoms with Crippen LogP contribution in [-0.4, -0.2) is 36.5 Å². The number of hydrogen-bond donors (Lipinski definition) is 0. The first-order chi connectivity index (χ1) is 17.1. The van der Waals surface area contributed by atoms with Crippen molar-refractivity contribution in [2.45, 2.75) is 37.8 Å². The third-order valence-corrected chi connectivity index (χ3v) is 6.10. The van der Waals surface area contributed by atoms with Crippen LogP contribution in [0, 0.1) is 0 Å². The van der Waals surface area contributed by atoms with Gasteiger partial charge in [-0.2, -0.15) is 0 Å². The van der Waals surface area contributed by atoms with Gasteiger partial charge in [-0.3, -0.25) is 9.59 Å². The molecule has 0 aliphatic carbocycles. The number of carbonyl (C=O) groups excluding carboxylic acids is 2. The average molecular weight is 471 g/mol. The van der Waals surface area contributed by atoms with Crippen molar-refractivity contribution in [2.24, 2.45) is 0 Å². The van der Waals surface area contributed by atoms with E-state index in [0.717, 1.165) is 11.1 Å². The van der Waals surface area contributed by atoms with Gasteiger partial charge in [0.1, 0.15) is 18.3 Å². The lowest BCUT2D eigenvalue weighted by atomic mass is 9.95. The molecule has 0 aromatic heterocycles. The molecule has 0 amide bonds. The number of ketones is 2. The lowest BCUT2D eigenvalue weighted by molar-refractivity contribution is -0.356. The molecule has 5 atom stereocenters. The quantitative estimate of drug-likeness (QED) is 0.219. The van der Waals surface area contributed by atoms with Crippen molar-refractivity contribution in [3.05, 3.63) is 119 Å². The van der Waals surface area contributed by atoms with E-state index in [4.69, 9.17) is 18.9 Å². The standard InChI is InChI=1S/C29H26O6/c1-19(30)23(26(31)20-11-5-2-6-12-20)17-24-27-25(34-29(33-24)22-15-9-4-10-16-22)18-32-28(35-27)21-13-7-3-8-14-21/h2-17,24-25,27-29H,18H2,1H3/b23-17+/t24-,25+,27-,28+,29-/m0/s1. The molecule has 0 radical (unpaired) electrons. The van der Waals surface area contributed by atoms with E-state index < -0.39 is 30.9 Å². The second-order valence-electron chi connectivity index (χ2n) is 8.53. The molecule has 2 fully saturated rings. The molecular weight excluding hydrogens is 444 g/mol. The number of allylic oxidation sites excluding steroid dienone is 1. The number of Topliss-reactive ketones (excluding diaryl/α,β-unsaturated/α-hetero) is 2. The molecule has 2 saturated heterocycles. The van der Waals surface area contributed by atoms with E-state index in [1.165, 1.54) is 6.92 Å². The molecule has 5 rings (SSSR count). The first-order valence-electron chi connectivity index (χ1n) is 11.6. The van der Waals surface area contributed by atoms with Crippen LogP contribution in [0.4, 0.5) is 0 Å². The molecule has 3 aromatic rings. The maximum atomic E-state index is 13.2. The summed E-state index contributed by atoms with van der Waals surface area (Å²) in [5.41, 5.74) is 2.19. The molecule has 0 N–H and O–H groups in total. The van der Waals surface area contributed by atoms with Gasteiger partial charge in [0.05, 0.1) is 12.2 Å². The summed E-state index contributed by atoms with van der Waals surface area (Å²) in [5.74, 6) is -0.693. The molecule has 0 spiro atoms. The van der Waals surface area contributed by atoms with Gasteiger partial charge in [-0.05, 0) is 13.0 Å². The monoisotopic (exact) mass is 470 g/mol. The minimum absolute atomic E-state index is 0.0556. The number of benzene rings is 3. The maximum Gasteiger partial charge on any atom is 0.196 e. The summed E-state index contributed by atoms with van der Waals surface area (Å²) >= 11 is 0. The predicted octanol–water partition coefficient (Wildman–Crippen LogP) is 4.98. The van der Waals surface area contributed by atoms with Crippen LogP contribution < -0.4 is 0 Å². The number of ether oxygens (including phenoxy) is 4. The number of fused-ring (bicyclic) bond motifs is 1. The molecule has 178 valence electrons. The van der Waals surface area contributed by atoms with Gasteiger partial charge >= 0.3 is 0 Å². The highest BCUT2D eigenvalue weighted by Crippen LogP contribution is 2.38. The van der Waals surface area contributed by atoms with Gasteiger partial charge in [0, 0.05) is 16.7 Å². The second-order valence-corrected chi connectivity index (χ2v) is 8.53. The maximum absolute atomic E-state index is 13.2. The Morgan fingerprint density at radius 3 is 1.91 bits per heavy atom. The Labute approximate surface area is 204 Å². The van der Waals surface area contributed by atoms with Crippen molar-refractivity contribution in [3.63, 3.8) is 0 Å². The van der Waals surface area contributed by atoms with E-state index >= 15 is 0 Å². The molecule has 6 heteroatoms. The van der Waals surface area contributed by atoms with Crippen LogP contribution in [0.3, 0.4) is 0 Å². The van der Waals surface area contributed by atoms with Gasteiger partial charge in [0.25, 0.3) is 0 Å². The molecule has 2 heterocycles. The fraction of sp³-hybridized carbons (Fsp3) is 0.241. The second kappa shape index (κ2) is 10.5. The van der Waals surface area contributed by atoms with E-state index in [1.807, 2.05) is 66.7 Å². The Morgan fingerprint density at radius 2 is 1.31 bits per heavy atom. The van der Waals surface area contributed by atoms with Gasteiger partial charge in [-0.15, -0.1) is 0 Å². The minimum Gasteiger partial charge on any atom is -0.346 e. The van der Waals surface area contributed by atoms with Gasteiger partial charge in [-0.25, -0.2) is 0 Å². The normalized spacial score (nSPS) is 26.5. The summed E-state index contributed by atoms with van der Waals surface area (Å²) in [6.07, 6.45) is -1.46. The largest absolute Gasteiger partial charge is 0.346 e. The van der Waals surface area contributed by atoms with Crippen LogP contribution in [0.25, 0.3) is 0 Å². The first-order valence-corrected chi connectivity index (χ1v) is 11.6. The molecule has 6 nitrogen and oxygen atoms in total. The smallest absolute Gasteiger partial charge is 0.196 e. The third-order valence-electron chi connectivity index (χ3n) is 6.10. The highest BCUT2D eigenvalue weighted by Gasteiger charge is 2.45. The lowest BCUT2D eigenvalue weighted by Gasteiger charge is -2.45. The summed E-state index contributed by atoms with van der Waals surface area (Å²) in [5, 5.41) is 0. The Bertz CT molecular complexity index is 1190. The summed E-state index contributed by atoms with van der Waals surface area (Å²) in [7, 11) is 0. The SMILES string of the molecule is CC(=O)/C(=C\[C@@H]1O[C@H](c2ccccc2)O[C@@H]2CO[C@@H](c3ccccc3)O[C@@H]12)C(=O)c1ccccc1. The summed E-state index contributed by atoms with van der Waals surface area (Å²) in [6, 6.07) is 27.9. The summed E-state index contributed by atoms with van der Waals surface area (Å²) in [6.45, 7) is 1.67. The molecule has 0 bridgehead atoms. The Morgan fingerprint density at radius 1 is 0.743 bits per heavy atom. The fourth-order valence-electron chi connectivity index (χ4n) is 4.31.